The van der Waals surface area contributed by atoms with Crippen LogP contribution in [0.5, 0.6) is 5.75 Å². The van der Waals surface area contributed by atoms with Gasteiger partial charge in [0.05, 0.1) is 13.2 Å². The molecule has 3 aromatic rings. The van der Waals surface area contributed by atoms with E-state index in [0.717, 1.165) is 11.1 Å². The molecule has 0 aliphatic heterocycles. The number of nitrogens with zero attached hydrogens (tertiary/aromatic N) is 1. The summed E-state index contributed by atoms with van der Waals surface area (Å²) in [5.41, 5.74) is 2.30. The average molecular weight is 446 g/mol. The Morgan fingerprint density at radius 1 is 1.10 bits per heavy atom. The molecule has 0 aliphatic carbocycles. The molecule has 9 heteroatoms. The molecule has 2 aromatic carbocycles. The number of aryl methyl sites for hydroxylation is 3. The minimum atomic E-state index is -4.02. The first-order valence-corrected chi connectivity index (χ1v) is 11.1. The Morgan fingerprint density at radius 2 is 1.74 bits per heavy atom. The van der Waals surface area contributed by atoms with Crippen LogP contribution in [0.15, 0.2) is 52.2 Å². The van der Waals surface area contributed by atoms with Gasteiger partial charge in [-0.25, -0.2) is 22.5 Å². The normalized spacial score (nSPS) is 12.5. The van der Waals surface area contributed by atoms with Crippen molar-refractivity contribution in [2.45, 2.75) is 38.1 Å². The molecule has 0 unspecified atom stereocenters. The van der Waals surface area contributed by atoms with Crippen LogP contribution in [0.1, 0.15) is 34.3 Å². The zero-order chi connectivity index (χ0) is 22.8. The number of aromatic amines is 1. The number of halogens is 1. The van der Waals surface area contributed by atoms with Gasteiger partial charge >= 0.3 is 0 Å². The Kier molecular flexibility index (Phi) is 6.56. The molecule has 31 heavy (non-hydrogen) atoms. The van der Waals surface area contributed by atoms with E-state index in [2.05, 4.69) is 14.7 Å². The second kappa shape index (κ2) is 8.99. The first-order valence-electron chi connectivity index (χ1n) is 9.59. The highest BCUT2D eigenvalue weighted by Crippen LogP contribution is 2.29. The molecule has 1 aromatic heterocycles. The molecule has 0 saturated heterocycles. The van der Waals surface area contributed by atoms with Gasteiger partial charge in [0.15, 0.2) is 0 Å². The highest BCUT2D eigenvalue weighted by molar-refractivity contribution is 7.89. The zero-order valence-corrected chi connectivity index (χ0v) is 18.5. The topological polar surface area (TPSA) is 101 Å². The minimum Gasteiger partial charge on any atom is -0.495 e. The summed E-state index contributed by atoms with van der Waals surface area (Å²) in [5, 5.41) is 0. The number of sulfonamides is 1. The Labute approximate surface area is 180 Å². The molecule has 0 aliphatic rings. The fourth-order valence-corrected chi connectivity index (χ4v) is 4.72. The van der Waals surface area contributed by atoms with E-state index in [-0.39, 0.29) is 22.6 Å². The predicted octanol–water partition coefficient (Wildman–Crippen LogP) is 3.11. The number of benzene rings is 2. The molecule has 0 radical (unpaired) electrons. The standard InChI is InChI=1S/C22H24FN3O4S/c1-13-9-20(30-4)21(10-14(13)2)31(28,29)26-19(16-5-7-17(23)8-6-16)11-18-12-22(27)25-15(3)24-18/h5-10,12,19,26H,11H2,1-4H3,(H,24,25,27)/t19-/m1/s1. The monoisotopic (exact) mass is 445 g/mol. The van der Waals surface area contributed by atoms with Crippen LogP contribution in [0, 0.1) is 26.6 Å². The Morgan fingerprint density at radius 3 is 2.35 bits per heavy atom. The molecule has 7 nitrogen and oxygen atoms in total. The predicted molar refractivity (Wildman–Crippen MR) is 115 cm³/mol. The lowest BCUT2D eigenvalue weighted by atomic mass is 10.0. The molecule has 0 spiro atoms. The number of ether oxygens (including phenoxy) is 1. The summed E-state index contributed by atoms with van der Waals surface area (Å²) in [6, 6.07) is 9.25. The second-order valence-electron chi connectivity index (χ2n) is 7.34. The number of methoxy groups -OCH3 is 1. The van der Waals surface area contributed by atoms with Crippen LogP contribution in [0.4, 0.5) is 4.39 Å². The third-order valence-electron chi connectivity index (χ3n) is 4.97. The number of H-pyrrole nitrogens is 1. The maximum atomic E-state index is 13.5. The van der Waals surface area contributed by atoms with Crippen molar-refractivity contribution in [3.8, 4) is 5.75 Å². The molecular weight excluding hydrogens is 421 g/mol. The maximum Gasteiger partial charge on any atom is 0.251 e. The zero-order valence-electron chi connectivity index (χ0n) is 17.7. The molecule has 2 N–H and O–H groups in total. The van der Waals surface area contributed by atoms with Crippen LogP contribution in [-0.2, 0) is 16.4 Å². The number of hydrogen-bond acceptors (Lipinski definition) is 5. The lowest BCUT2D eigenvalue weighted by molar-refractivity contribution is 0.401. The number of hydrogen-bond donors (Lipinski definition) is 2. The SMILES string of the molecule is COc1cc(C)c(C)cc1S(=O)(=O)N[C@H](Cc1cc(=O)[nH]c(C)n1)c1ccc(F)cc1. The van der Waals surface area contributed by atoms with E-state index in [1.54, 1.807) is 19.1 Å². The highest BCUT2D eigenvalue weighted by Gasteiger charge is 2.26. The third kappa shape index (κ3) is 5.36. The van der Waals surface area contributed by atoms with Crippen molar-refractivity contribution in [2.75, 3.05) is 7.11 Å². The Hall–Kier alpha value is -3.04. The van der Waals surface area contributed by atoms with Gasteiger partial charge in [-0.3, -0.25) is 4.79 Å². The van der Waals surface area contributed by atoms with Gasteiger partial charge in [-0.15, -0.1) is 0 Å². The van der Waals surface area contributed by atoms with Gasteiger partial charge in [-0.2, -0.15) is 0 Å². The van der Waals surface area contributed by atoms with Gasteiger partial charge in [-0.1, -0.05) is 12.1 Å². The lowest BCUT2D eigenvalue weighted by Crippen LogP contribution is -2.31. The van der Waals surface area contributed by atoms with E-state index in [4.69, 9.17) is 4.74 Å². The molecule has 0 fully saturated rings. The van der Waals surface area contributed by atoms with Crippen LogP contribution < -0.4 is 15.0 Å². The van der Waals surface area contributed by atoms with E-state index < -0.39 is 21.9 Å². The van der Waals surface area contributed by atoms with Crippen molar-refractivity contribution >= 4 is 10.0 Å². The van der Waals surface area contributed by atoms with Crippen LogP contribution >= 0.6 is 0 Å². The van der Waals surface area contributed by atoms with E-state index >= 15 is 0 Å². The van der Waals surface area contributed by atoms with E-state index in [0.29, 0.717) is 17.1 Å². The first kappa shape index (κ1) is 22.6. The van der Waals surface area contributed by atoms with E-state index in [1.807, 2.05) is 13.8 Å². The largest absolute Gasteiger partial charge is 0.495 e. The summed E-state index contributed by atoms with van der Waals surface area (Å²) >= 11 is 0. The van der Waals surface area contributed by atoms with Crippen LogP contribution in [0.2, 0.25) is 0 Å². The van der Waals surface area contributed by atoms with Crippen LogP contribution in [0.3, 0.4) is 0 Å². The van der Waals surface area contributed by atoms with Crippen molar-refractivity contribution in [3.05, 3.63) is 86.8 Å². The summed E-state index contributed by atoms with van der Waals surface area (Å²) < 4.78 is 48.0. The number of rotatable bonds is 7. The van der Waals surface area contributed by atoms with Crippen LogP contribution in [-0.4, -0.2) is 25.5 Å². The number of nitrogens with one attached hydrogen (secondary N) is 2. The van der Waals surface area contributed by atoms with Crippen molar-refractivity contribution in [1.82, 2.24) is 14.7 Å². The molecule has 0 bridgehead atoms. The average Bonchev–Trinajstić information content (AvgIpc) is 2.68. The molecular formula is C22H24FN3O4S. The van der Waals surface area contributed by atoms with Gasteiger partial charge in [-0.05, 0) is 61.7 Å². The quantitative estimate of drug-likeness (QED) is 0.582. The van der Waals surface area contributed by atoms with Crippen molar-refractivity contribution in [2.24, 2.45) is 0 Å². The second-order valence-corrected chi connectivity index (χ2v) is 9.02. The molecule has 0 saturated carbocycles. The summed E-state index contributed by atoms with van der Waals surface area (Å²) in [7, 11) is -2.62. The van der Waals surface area contributed by atoms with E-state index in [1.165, 1.54) is 37.4 Å². The van der Waals surface area contributed by atoms with Gasteiger partial charge in [0, 0.05) is 18.2 Å². The van der Waals surface area contributed by atoms with Gasteiger partial charge in [0.2, 0.25) is 10.0 Å². The van der Waals surface area contributed by atoms with Gasteiger partial charge < -0.3 is 9.72 Å². The molecule has 3 rings (SSSR count). The lowest BCUT2D eigenvalue weighted by Gasteiger charge is -2.21. The van der Waals surface area contributed by atoms with E-state index in [9.17, 15) is 17.6 Å². The molecule has 0 amide bonds. The highest BCUT2D eigenvalue weighted by atomic mass is 32.2. The van der Waals surface area contributed by atoms with Crippen LogP contribution in [0.25, 0.3) is 0 Å². The maximum absolute atomic E-state index is 13.5. The number of aromatic nitrogens is 2. The molecule has 1 heterocycles. The van der Waals surface area contributed by atoms with Gasteiger partial charge in [0.1, 0.15) is 22.3 Å². The molecule has 164 valence electrons. The van der Waals surface area contributed by atoms with Crippen molar-refractivity contribution in [1.29, 1.82) is 0 Å². The van der Waals surface area contributed by atoms with Crippen molar-refractivity contribution < 1.29 is 17.5 Å². The summed E-state index contributed by atoms with van der Waals surface area (Å²) in [6.45, 7) is 5.32. The summed E-state index contributed by atoms with van der Waals surface area (Å²) in [6.07, 6.45) is 0.1000. The Bertz CT molecular complexity index is 1250. The Balaban J connectivity index is 2.04. The smallest absolute Gasteiger partial charge is 0.251 e. The van der Waals surface area contributed by atoms with Gasteiger partial charge in [0.25, 0.3) is 5.56 Å². The third-order valence-corrected chi connectivity index (χ3v) is 6.46. The van der Waals surface area contributed by atoms with Crippen molar-refractivity contribution in [3.63, 3.8) is 0 Å². The summed E-state index contributed by atoms with van der Waals surface area (Å²) in [4.78, 5) is 18.7. The fourth-order valence-electron chi connectivity index (χ4n) is 3.26. The first-order chi connectivity index (χ1) is 14.6. The fraction of sp³-hybridized carbons (Fsp3) is 0.273. The molecule has 1 atom stereocenters. The summed E-state index contributed by atoms with van der Waals surface area (Å²) in [5.74, 6) is 0.198. The minimum absolute atomic E-state index is 0.000241.